The molecular formula is C18H30Cl2N6. The molecule has 8 heteroatoms. The molecular weight excluding hydrogens is 371 g/mol. The van der Waals surface area contributed by atoms with Gasteiger partial charge < -0.3 is 16.4 Å². The van der Waals surface area contributed by atoms with Crippen LogP contribution in [-0.2, 0) is 6.42 Å². The number of nitrogens with zero attached hydrogens (tertiary/aromatic N) is 4. The Labute approximate surface area is 166 Å². The van der Waals surface area contributed by atoms with Crippen LogP contribution in [0.15, 0.2) is 0 Å². The van der Waals surface area contributed by atoms with E-state index in [1.807, 2.05) is 0 Å². The minimum Gasteiger partial charge on any atom is -0.353 e. The van der Waals surface area contributed by atoms with E-state index in [-0.39, 0.29) is 0 Å². The molecule has 26 heavy (non-hydrogen) atoms. The Morgan fingerprint density at radius 2 is 1.69 bits per heavy atom. The van der Waals surface area contributed by atoms with Crippen LogP contribution in [0, 0.1) is 5.92 Å². The van der Waals surface area contributed by atoms with Crippen LogP contribution in [0.2, 0.25) is 10.2 Å². The zero-order chi connectivity index (χ0) is 18.5. The molecule has 4 N–H and O–H groups in total. The predicted molar refractivity (Wildman–Crippen MR) is 108 cm³/mol. The van der Waals surface area contributed by atoms with Gasteiger partial charge in [0.25, 0.3) is 0 Å². The lowest BCUT2D eigenvalue weighted by Gasteiger charge is -2.37. The lowest BCUT2D eigenvalue weighted by Crippen LogP contribution is -2.47. The van der Waals surface area contributed by atoms with Gasteiger partial charge in [-0.3, -0.25) is 4.90 Å². The summed E-state index contributed by atoms with van der Waals surface area (Å²) in [6.45, 7) is 5.53. The summed E-state index contributed by atoms with van der Waals surface area (Å²) in [7, 11) is 0. The average Bonchev–Trinajstić information content (AvgIpc) is 2.65. The summed E-state index contributed by atoms with van der Waals surface area (Å²) < 4.78 is 0. The first-order valence-corrected chi connectivity index (χ1v) is 10.5. The average molecular weight is 401 g/mol. The standard InChI is InChI=1S/C18H30Cl2N6/c19-16-17(20)23-15(5-7-21)24-18(16)26-11-9-25(10-12-26)8-6-13-1-3-14(22)4-2-13/h13-14H,1-12,21-22H2/t13-,14-. The van der Waals surface area contributed by atoms with Crippen LogP contribution in [0.4, 0.5) is 5.82 Å². The zero-order valence-corrected chi connectivity index (χ0v) is 16.9. The highest BCUT2D eigenvalue weighted by molar-refractivity contribution is 6.42. The third-order valence-corrected chi connectivity index (χ3v) is 6.34. The van der Waals surface area contributed by atoms with Gasteiger partial charge in [-0.25, -0.2) is 9.97 Å². The van der Waals surface area contributed by atoms with E-state index in [9.17, 15) is 0 Å². The monoisotopic (exact) mass is 400 g/mol. The molecule has 0 radical (unpaired) electrons. The third kappa shape index (κ3) is 5.20. The normalized spacial score (nSPS) is 24.8. The van der Waals surface area contributed by atoms with E-state index in [4.69, 9.17) is 34.7 Å². The zero-order valence-electron chi connectivity index (χ0n) is 15.3. The van der Waals surface area contributed by atoms with Crippen molar-refractivity contribution in [2.24, 2.45) is 17.4 Å². The Hall–Kier alpha value is -0.660. The van der Waals surface area contributed by atoms with Gasteiger partial charge in [0.05, 0.1) is 0 Å². The molecule has 146 valence electrons. The SMILES string of the molecule is NCCc1nc(Cl)c(Cl)c(N2CCN(CC[C@H]3CC[C@H](N)CC3)CC2)n1. The fourth-order valence-electron chi connectivity index (χ4n) is 3.93. The molecule has 1 aromatic rings. The predicted octanol–water partition coefficient (Wildman–Crippen LogP) is 2.31. The van der Waals surface area contributed by atoms with Crippen molar-refractivity contribution >= 4 is 29.0 Å². The number of rotatable bonds is 6. The lowest BCUT2D eigenvalue weighted by atomic mass is 9.84. The van der Waals surface area contributed by atoms with Crippen molar-refractivity contribution in [3.63, 3.8) is 0 Å². The van der Waals surface area contributed by atoms with Gasteiger partial charge in [-0.2, -0.15) is 0 Å². The molecule has 1 saturated carbocycles. The van der Waals surface area contributed by atoms with Crippen molar-refractivity contribution in [3.8, 4) is 0 Å². The summed E-state index contributed by atoms with van der Waals surface area (Å²) in [6, 6.07) is 0.434. The van der Waals surface area contributed by atoms with Gasteiger partial charge in [0.1, 0.15) is 10.8 Å². The van der Waals surface area contributed by atoms with Crippen LogP contribution in [0.3, 0.4) is 0 Å². The van der Waals surface area contributed by atoms with E-state index >= 15 is 0 Å². The molecule has 2 fully saturated rings. The number of hydrogen-bond donors (Lipinski definition) is 2. The van der Waals surface area contributed by atoms with Crippen LogP contribution in [0.1, 0.15) is 37.9 Å². The van der Waals surface area contributed by atoms with Gasteiger partial charge in [-0.15, -0.1) is 0 Å². The van der Waals surface area contributed by atoms with Gasteiger partial charge in [0, 0.05) is 38.6 Å². The van der Waals surface area contributed by atoms with E-state index in [1.54, 1.807) is 0 Å². The number of piperazine rings is 1. The van der Waals surface area contributed by atoms with Crippen LogP contribution in [-0.4, -0.2) is 60.2 Å². The maximum atomic E-state index is 6.36. The fraction of sp³-hybridized carbons (Fsp3) is 0.778. The molecule has 0 atom stereocenters. The molecule has 2 heterocycles. The van der Waals surface area contributed by atoms with E-state index < -0.39 is 0 Å². The molecule has 1 aliphatic carbocycles. The Balaban J connectivity index is 1.50. The van der Waals surface area contributed by atoms with Gasteiger partial charge in [0.2, 0.25) is 0 Å². The first-order chi connectivity index (χ1) is 12.6. The van der Waals surface area contributed by atoms with Crippen molar-refractivity contribution in [1.82, 2.24) is 14.9 Å². The summed E-state index contributed by atoms with van der Waals surface area (Å²) >= 11 is 12.5. The maximum Gasteiger partial charge on any atom is 0.153 e. The second-order valence-electron chi connectivity index (χ2n) is 7.51. The van der Waals surface area contributed by atoms with Gasteiger partial charge in [0.15, 0.2) is 11.0 Å². The molecule has 0 unspecified atom stereocenters. The maximum absolute atomic E-state index is 6.36. The van der Waals surface area contributed by atoms with E-state index in [0.29, 0.717) is 35.0 Å². The number of nitrogens with two attached hydrogens (primary N) is 2. The van der Waals surface area contributed by atoms with Crippen LogP contribution in [0.25, 0.3) is 0 Å². The summed E-state index contributed by atoms with van der Waals surface area (Å²) in [5.41, 5.74) is 11.6. The second-order valence-corrected chi connectivity index (χ2v) is 8.24. The molecule has 1 aromatic heterocycles. The van der Waals surface area contributed by atoms with Crippen molar-refractivity contribution in [1.29, 1.82) is 0 Å². The minimum absolute atomic E-state index is 0.318. The van der Waals surface area contributed by atoms with E-state index in [2.05, 4.69) is 19.8 Å². The molecule has 1 aliphatic heterocycles. The smallest absolute Gasteiger partial charge is 0.153 e. The Kier molecular flexibility index (Phi) is 7.35. The van der Waals surface area contributed by atoms with Crippen LogP contribution in [0.5, 0.6) is 0 Å². The van der Waals surface area contributed by atoms with Gasteiger partial charge >= 0.3 is 0 Å². The Bertz CT molecular complexity index is 583. The summed E-state index contributed by atoms with van der Waals surface area (Å²) in [6.07, 6.45) is 6.86. The number of hydrogen-bond acceptors (Lipinski definition) is 6. The highest BCUT2D eigenvalue weighted by Crippen LogP contribution is 2.31. The van der Waals surface area contributed by atoms with Crippen molar-refractivity contribution in [2.45, 2.75) is 44.6 Å². The molecule has 1 saturated heterocycles. The second kappa shape index (κ2) is 9.51. The number of anilines is 1. The van der Waals surface area contributed by atoms with Crippen molar-refractivity contribution in [3.05, 3.63) is 16.0 Å². The first-order valence-electron chi connectivity index (χ1n) is 9.71. The topological polar surface area (TPSA) is 84.3 Å². The number of aromatic nitrogens is 2. The van der Waals surface area contributed by atoms with Gasteiger partial charge in [-0.05, 0) is 51.1 Å². The largest absolute Gasteiger partial charge is 0.353 e. The summed E-state index contributed by atoms with van der Waals surface area (Å²) in [5, 5.41) is 0.762. The minimum atomic E-state index is 0.318. The van der Waals surface area contributed by atoms with Crippen molar-refractivity contribution < 1.29 is 0 Å². The Morgan fingerprint density at radius 3 is 2.35 bits per heavy atom. The molecule has 6 nitrogen and oxygen atoms in total. The first kappa shape index (κ1) is 20.1. The number of halogens is 2. The van der Waals surface area contributed by atoms with E-state index in [0.717, 1.165) is 37.9 Å². The molecule has 0 spiro atoms. The van der Waals surface area contributed by atoms with Gasteiger partial charge in [-0.1, -0.05) is 23.2 Å². The molecule has 0 aromatic carbocycles. The molecule has 0 amide bonds. The van der Waals surface area contributed by atoms with Crippen LogP contribution >= 0.6 is 23.2 Å². The fourth-order valence-corrected chi connectivity index (χ4v) is 4.31. The van der Waals surface area contributed by atoms with E-state index in [1.165, 1.54) is 38.6 Å². The summed E-state index contributed by atoms with van der Waals surface area (Å²) in [5.74, 6) is 2.26. The third-order valence-electron chi connectivity index (χ3n) is 5.62. The van der Waals surface area contributed by atoms with Crippen molar-refractivity contribution in [2.75, 3.05) is 44.2 Å². The lowest BCUT2D eigenvalue weighted by molar-refractivity contribution is 0.216. The quantitative estimate of drug-likeness (QED) is 0.712. The summed E-state index contributed by atoms with van der Waals surface area (Å²) in [4.78, 5) is 13.6. The highest BCUT2D eigenvalue weighted by atomic mass is 35.5. The Morgan fingerprint density at radius 1 is 1.00 bits per heavy atom. The van der Waals surface area contributed by atoms with Crippen LogP contribution < -0.4 is 16.4 Å². The molecule has 2 aliphatic rings. The molecule has 0 bridgehead atoms. The highest BCUT2D eigenvalue weighted by Gasteiger charge is 2.24. The molecule has 3 rings (SSSR count).